The van der Waals surface area contributed by atoms with Crippen LogP contribution in [0.3, 0.4) is 0 Å². The van der Waals surface area contributed by atoms with Gasteiger partial charge in [0.05, 0.1) is 11.2 Å². The first-order valence-electron chi connectivity index (χ1n) is 14.3. The van der Waals surface area contributed by atoms with Crippen LogP contribution in [0.15, 0.2) is 42.5 Å². The van der Waals surface area contributed by atoms with E-state index in [1.807, 2.05) is 12.1 Å². The Balaban J connectivity index is 2.35. The van der Waals surface area contributed by atoms with Crippen molar-refractivity contribution in [3.8, 4) is 11.8 Å². The number of aryl methyl sites for hydroxylation is 1. The van der Waals surface area contributed by atoms with Crippen LogP contribution in [-0.4, -0.2) is 30.6 Å². The van der Waals surface area contributed by atoms with Crippen molar-refractivity contribution in [1.82, 2.24) is 0 Å². The second kappa shape index (κ2) is 14.1. The van der Waals surface area contributed by atoms with Gasteiger partial charge in [-0.05, 0) is 98.0 Å². The van der Waals surface area contributed by atoms with Crippen LogP contribution in [0.4, 0.5) is 0 Å². The predicted octanol–water partition coefficient (Wildman–Crippen LogP) is 8.45. The van der Waals surface area contributed by atoms with Gasteiger partial charge in [-0.15, -0.1) is 0 Å². The lowest BCUT2D eigenvalue weighted by molar-refractivity contribution is -0.137. The molecule has 0 aromatic heterocycles. The molecule has 0 aliphatic rings. The Morgan fingerprint density at radius 3 is 1.82 bits per heavy atom. The van der Waals surface area contributed by atoms with Crippen molar-refractivity contribution in [2.24, 2.45) is 0 Å². The van der Waals surface area contributed by atoms with Gasteiger partial charge < -0.3 is 14.0 Å². The minimum Gasteiger partial charge on any atom is -0.481 e. The molecule has 4 nitrogen and oxygen atoms in total. The number of hydrogen-bond acceptors (Lipinski definition) is 3. The molecule has 0 bridgehead atoms. The molecule has 0 atom stereocenters. The summed E-state index contributed by atoms with van der Waals surface area (Å²) in [5.74, 6) is 6.03. The van der Waals surface area contributed by atoms with Crippen molar-refractivity contribution in [3.63, 3.8) is 0 Å². The molecule has 2 rings (SSSR count). The fourth-order valence-corrected chi connectivity index (χ4v) is 5.39. The fraction of sp³-hybridized carbons (Fsp3) is 0.559. The topological polar surface area (TPSA) is 55.8 Å². The number of aliphatic carboxylic acids is 1. The summed E-state index contributed by atoms with van der Waals surface area (Å²) >= 11 is 0. The molecule has 2 aromatic carbocycles. The van der Waals surface area contributed by atoms with Crippen LogP contribution < -0.4 is 0 Å². The smallest absolute Gasteiger partial charge is 0.303 e. The molecule has 0 fully saturated rings. The molecule has 2 aromatic rings. The lowest BCUT2D eigenvalue weighted by Gasteiger charge is -2.37. The molecule has 216 valence electrons. The molecule has 0 saturated heterocycles. The molecule has 0 aliphatic heterocycles. The largest absolute Gasteiger partial charge is 0.481 e. The summed E-state index contributed by atoms with van der Waals surface area (Å²) in [5, 5.41) is 8.99. The monoisotopic (exact) mass is 576 g/mol. The molecule has 6 heteroatoms. The van der Waals surface area contributed by atoms with Crippen molar-refractivity contribution < 1.29 is 18.8 Å². The van der Waals surface area contributed by atoms with Gasteiger partial charge in [0.2, 0.25) is 19.5 Å². The van der Waals surface area contributed by atoms with E-state index in [4.69, 9.17) is 14.0 Å². The van der Waals surface area contributed by atoms with Crippen molar-refractivity contribution in [2.75, 3.05) is 0 Å². The average Bonchev–Trinajstić information content (AvgIpc) is 2.84. The Morgan fingerprint density at radius 2 is 1.27 bits per heavy atom. The molecule has 4 radical (unpaired) electrons. The van der Waals surface area contributed by atoms with Gasteiger partial charge in [-0.1, -0.05) is 78.0 Å². The summed E-state index contributed by atoms with van der Waals surface area (Å²) < 4.78 is 13.1. The van der Waals surface area contributed by atoms with Crippen LogP contribution in [0, 0.1) is 11.8 Å². The molecular weight excluding hydrogens is 529 g/mol. The Labute approximate surface area is 248 Å². The van der Waals surface area contributed by atoms with Crippen LogP contribution in [0.25, 0.3) is 0 Å². The van der Waals surface area contributed by atoms with Crippen molar-refractivity contribution in [1.29, 1.82) is 0 Å². The van der Waals surface area contributed by atoms with E-state index in [1.54, 1.807) is 0 Å². The second-order valence-corrected chi connectivity index (χ2v) is 17.4. The van der Waals surface area contributed by atoms with E-state index in [0.717, 1.165) is 47.9 Å². The highest BCUT2D eigenvalue weighted by molar-refractivity contribution is 6.32. The first kappa shape index (κ1) is 34.0. The van der Waals surface area contributed by atoms with Crippen LogP contribution in [0.2, 0.25) is 10.1 Å². The second-order valence-electron chi connectivity index (χ2n) is 13.6. The third-order valence-corrected chi connectivity index (χ3v) is 8.63. The predicted molar refractivity (Wildman–Crippen MR) is 168 cm³/mol. The molecule has 0 amide bonds. The third kappa shape index (κ3) is 12.1. The highest BCUT2D eigenvalue weighted by Gasteiger charge is 2.34. The minimum atomic E-state index is -0.723. The SMILES string of the molecule is CC(C)(C)[Si]OC(C)(C)c1ccc(C#Cc2cccc(CCCCCC(=O)O)c2)cc1C(C)(C)O[Si]C(C)(C)C. The van der Waals surface area contributed by atoms with Gasteiger partial charge in [-0.3, -0.25) is 4.79 Å². The summed E-state index contributed by atoms with van der Waals surface area (Å²) in [7, 11) is 0.730. The zero-order chi connectivity index (χ0) is 30.2. The maximum Gasteiger partial charge on any atom is 0.303 e. The molecule has 0 heterocycles. The summed E-state index contributed by atoms with van der Waals surface area (Å²) in [6.45, 7) is 21.8. The maximum absolute atomic E-state index is 10.7. The zero-order valence-corrected chi connectivity index (χ0v) is 28.2. The van der Waals surface area contributed by atoms with Gasteiger partial charge in [0.1, 0.15) is 0 Å². The highest BCUT2D eigenvalue weighted by Crippen LogP contribution is 2.38. The summed E-state index contributed by atoms with van der Waals surface area (Å²) in [6, 6.07) is 14.8. The molecule has 0 unspecified atom stereocenters. The van der Waals surface area contributed by atoms with Crippen molar-refractivity contribution >= 4 is 25.5 Å². The normalized spacial score (nSPS) is 12.7. The lowest BCUT2D eigenvalue weighted by Crippen LogP contribution is -2.34. The van der Waals surface area contributed by atoms with E-state index in [9.17, 15) is 4.79 Å². The van der Waals surface area contributed by atoms with Crippen molar-refractivity contribution in [2.45, 2.75) is 123 Å². The first-order chi connectivity index (χ1) is 18.4. The quantitative estimate of drug-likeness (QED) is 0.156. The number of benzene rings is 2. The van der Waals surface area contributed by atoms with Crippen LogP contribution in [-0.2, 0) is 31.3 Å². The Hall–Kier alpha value is -2.18. The summed E-state index contributed by atoms with van der Waals surface area (Å²) in [5.41, 5.74) is 4.41. The van der Waals surface area contributed by atoms with E-state index in [1.165, 1.54) is 5.56 Å². The summed E-state index contributed by atoms with van der Waals surface area (Å²) in [6.07, 6.45) is 3.79. The number of carboxylic acid groups (broad SMARTS) is 1. The molecule has 0 spiro atoms. The third-order valence-electron chi connectivity index (χ3n) is 6.18. The average molecular weight is 577 g/mol. The van der Waals surface area contributed by atoms with Gasteiger partial charge in [0, 0.05) is 17.5 Å². The highest BCUT2D eigenvalue weighted by atomic mass is 28.2. The van der Waals surface area contributed by atoms with E-state index in [2.05, 4.69) is 111 Å². The first-order valence-corrected chi connectivity index (χ1v) is 16.1. The Morgan fingerprint density at radius 1 is 0.725 bits per heavy atom. The maximum atomic E-state index is 10.7. The molecule has 0 aliphatic carbocycles. The molecule has 0 saturated carbocycles. The number of carboxylic acids is 1. The number of hydrogen-bond donors (Lipinski definition) is 1. The van der Waals surface area contributed by atoms with E-state index in [0.29, 0.717) is 19.5 Å². The van der Waals surface area contributed by atoms with Gasteiger partial charge in [0.15, 0.2) is 0 Å². The Kier molecular flexibility index (Phi) is 12.0. The minimum absolute atomic E-state index is 0.0791. The number of rotatable bonds is 12. The van der Waals surface area contributed by atoms with Gasteiger partial charge in [-0.25, -0.2) is 0 Å². The fourth-order valence-electron chi connectivity index (χ4n) is 4.05. The van der Waals surface area contributed by atoms with E-state index >= 15 is 0 Å². The zero-order valence-electron chi connectivity index (χ0n) is 26.2. The lowest BCUT2D eigenvalue weighted by atomic mass is 9.84. The molecular formula is C34H48O4Si2. The number of unbranched alkanes of at least 4 members (excludes halogenated alkanes) is 2. The molecule has 40 heavy (non-hydrogen) atoms. The van der Waals surface area contributed by atoms with E-state index in [-0.39, 0.29) is 16.5 Å². The summed E-state index contributed by atoms with van der Waals surface area (Å²) in [4.78, 5) is 10.7. The van der Waals surface area contributed by atoms with E-state index < -0.39 is 17.2 Å². The number of carbonyl (C=O) groups is 1. The van der Waals surface area contributed by atoms with Crippen LogP contribution in [0.1, 0.15) is 123 Å². The van der Waals surface area contributed by atoms with Crippen molar-refractivity contribution in [3.05, 3.63) is 70.3 Å². The van der Waals surface area contributed by atoms with Gasteiger partial charge >= 0.3 is 5.97 Å². The standard InChI is InChI=1S/C34H48O4Si2/c1-31(2,3)39-37-33(7,8)28-22-21-27(24-29(28)34(9,10)38-40-32(4,5)6)20-19-26-17-14-16-25(23-26)15-12-11-13-18-30(35)36/h14,16-17,21-24H,11-13,15,18H2,1-10H3,(H,35,36). The molecule has 1 N–H and O–H groups in total. The van der Waals surface area contributed by atoms with Gasteiger partial charge in [0.25, 0.3) is 0 Å². The Bertz CT molecular complexity index is 1190. The van der Waals surface area contributed by atoms with Gasteiger partial charge in [-0.2, -0.15) is 0 Å². The van der Waals surface area contributed by atoms with Crippen LogP contribution in [0.5, 0.6) is 0 Å². The van der Waals surface area contributed by atoms with Crippen LogP contribution >= 0.6 is 0 Å².